The molecule has 1 N–H and O–H groups in total. The number of rotatable bonds is 5. The zero-order chi connectivity index (χ0) is 13.7. The Labute approximate surface area is 108 Å². The summed E-state index contributed by atoms with van der Waals surface area (Å²) < 4.78 is 0. The Kier molecular flexibility index (Phi) is 4.99. The Morgan fingerprint density at radius 3 is 2.83 bits per heavy atom. The summed E-state index contributed by atoms with van der Waals surface area (Å²) in [6, 6.07) is 1.08. The number of nitro groups is 1. The van der Waals surface area contributed by atoms with Crippen LogP contribution in [0.25, 0.3) is 0 Å². The van der Waals surface area contributed by atoms with Gasteiger partial charge in [-0.2, -0.15) is 0 Å². The van der Waals surface area contributed by atoms with Gasteiger partial charge < -0.3 is 10.0 Å². The van der Waals surface area contributed by atoms with E-state index in [0.29, 0.717) is 6.54 Å². The van der Waals surface area contributed by atoms with Crippen LogP contribution in [0.1, 0.15) is 17.3 Å². The molecule has 0 aliphatic carbocycles. The molecular weight excluding hydrogens is 262 g/mol. The number of aliphatic hydroxyl groups is 1. The van der Waals surface area contributed by atoms with E-state index >= 15 is 0 Å². The molecule has 1 rings (SSSR count). The molecule has 0 fully saturated rings. The third-order valence-electron chi connectivity index (χ3n) is 2.30. The largest absolute Gasteiger partial charge is 0.395 e. The lowest BCUT2D eigenvalue weighted by Gasteiger charge is -2.19. The van der Waals surface area contributed by atoms with Crippen LogP contribution in [0.5, 0.6) is 0 Å². The molecule has 0 atom stereocenters. The SMILES string of the molecule is CCN(CCO)C(=O)c1cc([N+](=O)[O-])cnc1Cl. The maximum atomic E-state index is 12.0. The van der Waals surface area contributed by atoms with E-state index in [1.807, 2.05) is 0 Å². The summed E-state index contributed by atoms with van der Waals surface area (Å²) in [5.74, 6) is -0.493. The van der Waals surface area contributed by atoms with E-state index in [1.54, 1.807) is 6.92 Å². The lowest BCUT2D eigenvalue weighted by Crippen LogP contribution is -2.33. The predicted molar refractivity (Wildman–Crippen MR) is 64.6 cm³/mol. The van der Waals surface area contributed by atoms with Crippen molar-refractivity contribution in [1.82, 2.24) is 9.88 Å². The Hall–Kier alpha value is -1.73. The van der Waals surface area contributed by atoms with Crippen molar-refractivity contribution >= 4 is 23.2 Å². The summed E-state index contributed by atoms with van der Waals surface area (Å²) in [4.78, 5) is 26.9. The highest BCUT2D eigenvalue weighted by Crippen LogP contribution is 2.20. The second kappa shape index (κ2) is 6.27. The predicted octanol–water partition coefficient (Wildman–Crippen LogP) is 1.10. The highest BCUT2D eigenvalue weighted by atomic mass is 35.5. The van der Waals surface area contributed by atoms with Gasteiger partial charge in [-0.05, 0) is 6.92 Å². The number of amides is 1. The minimum Gasteiger partial charge on any atom is -0.395 e. The summed E-state index contributed by atoms with van der Waals surface area (Å²) in [5.41, 5.74) is -0.344. The zero-order valence-corrected chi connectivity index (χ0v) is 10.4. The Morgan fingerprint density at radius 2 is 2.33 bits per heavy atom. The lowest BCUT2D eigenvalue weighted by atomic mass is 10.2. The molecule has 0 aromatic carbocycles. The number of pyridine rings is 1. The average molecular weight is 274 g/mol. The summed E-state index contributed by atoms with van der Waals surface area (Å²) in [6.45, 7) is 2.03. The standard InChI is InChI=1S/C10H12ClN3O4/c1-2-13(3-4-15)10(16)8-5-7(14(17)18)6-12-9(8)11/h5-6,15H,2-4H2,1H3. The lowest BCUT2D eigenvalue weighted by molar-refractivity contribution is -0.385. The highest BCUT2D eigenvalue weighted by Gasteiger charge is 2.21. The normalized spacial score (nSPS) is 10.2. The molecule has 8 heteroatoms. The maximum absolute atomic E-state index is 12.0. The second-order valence-electron chi connectivity index (χ2n) is 3.40. The smallest absolute Gasteiger partial charge is 0.288 e. The van der Waals surface area contributed by atoms with Crippen LogP contribution in [0.15, 0.2) is 12.3 Å². The first-order valence-corrected chi connectivity index (χ1v) is 5.59. The van der Waals surface area contributed by atoms with Crippen LogP contribution in [0, 0.1) is 10.1 Å². The van der Waals surface area contributed by atoms with Gasteiger partial charge in [0.2, 0.25) is 0 Å². The van der Waals surface area contributed by atoms with Gasteiger partial charge >= 0.3 is 0 Å². The van der Waals surface area contributed by atoms with E-state index in [4.69, 9.17) is 16.7 Å². The molecule has 0 radical (unpaired) electrons. The van der Waals surface area contributed by atoms with Gasteiger partial charge in [-0.15, -0.1) is 0 Å². The van der Waals surface area contributed by atoms with Crippen molar-refractivity contribution in [3.05, 3.63) is 33.1 Å². The number of aliphatic hydroxyl groups excluding tert-OH is 1. The molecule has 1 aromatic rings. The molecule has 1 heterocycles. The molecule has 1 amide bonds. The van der Waals surface area contributed by atoms with Gasteiger partial charge in [-0.25, -0.2) is 4.98 Å². The van der Waals surface area contributed by atoms with Gasteiger partial charge in [0, 0.05) is 19.2 Å². The molecule has 1 aromatic heterocycles. The van der Waals surface area contributed by atoms with Crippen molar-refractivity contribution in [1.29, 1.82) is 0 Å². The first-order valence-electron chi connectivity index (χ1n) is 5.21. The van der Waals surface area contributed by atoms with Crippen LogP contribution < -0.4 is 0 Å². The van der Waals surface area contributed by atoms with Gasteiger partial charge in [0.05, 0.1) is 17.1 Å². The summed E-state index contributed by atoms with van der Waals surface area (Å²) in [7, 11) is 0. The molecule has 18 heavy (non-hydrogen) atoms. The fourth-order valence-electron chi connectivity index (χ4n) is 1.38. The zero-order valence-electron chi connectivity index (χ0n) is 9.67. The van der Waals surface area contributed by atoms with Crippen molar-refractivity contribution in [2.75, 3.05) is 19.7 Å². The number of aromatic nitrogens is 1. The molecule has 98 valence electrons. The number of carbonyl (C=O) groups is 1. The molecule has 0 aliphatic heterocycles. The van der Waals surface area contributed by atoms with Crippen molar-refractivity contribution < 1.29 is 14.8 Å². The van der Waals surface area contributed by atoms with Crippen LogP contribution in [-0.2, 0) is 0 Å². The summed E-state index contributed by atoms with van der Waals surface area (Å²) >= 11 is 5.75. The second-order valence-corrected chi connectivity index (χ2v) is 3.76. The van der Waals surface area contributed by atoms with E-state index < -0.39 is 10.8 Å². The van der Waals surface area contributed by atoms with Crippen LogP contribution in [0.2, 0.25) is 5.15 Å². The molecular formula is C10H12ClN3O4. The van der Waals surface area contributed by atoms with E-state index in [2.05, 4.69) is 4.98 Å². The van der Waals surface area contributed by atoms with Crippen LogP contribution in [-0.4, -0.2) is 45.5 Å². The third kappa shape index (κ3) is 3.14. The van der Waals surface area contributed by atoms with Gasteiger partial charge in [0.15, 0.2) is 0 Å². The minimum absolute atomic E-state index is 0.0406. The first kappa shape index (κ1) is 14.3. The number of halogens is 1. The van der Waals surface area contributed by atoms with Crippen molar-refractivity contribution in [3.8, 4) is 0 Å². The van der Waals surface area contributed by atoms with Crippen molar-refractivity contribution in [2.24, 2.45) is 0 Å². The quantitative estimate of drug-likeness (QED) is 0.492. The highest BCUT2D eigenvalue weighted by molar-refractivity contribution is 6.32. The van der Waals surface area contributed by atoms with Gasteiger partial charge in [0.25, 0.3) is 11.6 Å². The van der Waals surface area contributed by atoms with Crippen LogP contribution in [0.4, 0.5) is 5.69 Å². The number of nitrogens with zero attached hydrogens (tertiary/aromatic N) is 3. The number of carbonyl (C=O) groups excluding carboxylic acids is 1. The van der Waals surface area contributed by atoms with E-state index in [1.165, 1.54) is 4.90 Å². The van der Waals surface area contributed by atoms with Crippen molar-refractivity contribution in [2.45, 2.75) is 6.92 Å². The topological polar surface area (TPSA) is 96.6 Å². The van der Waals surface area contributed by atoms with E-state index in [9.17, 15) is 14.9 Å². The van der Waals surface area contributed by atoms with Crippen molar-refractivity contribution in [3.63, 3.8) is 0 Å². The van der Waals surface area contributed by atoms with Gasteiger partial charge in [-0.1, -0.05) is 11.6 Å². The Bertz CT molecular complexity index is 466. The summed E-state index contributed by atoms with van der Waals surface area (Å²) in [6.07, 6.45) is 0.988. The van der Waals surface area contributed by atoms with Gasteiger partial charge in [0.1, 0.15) is 11.3 Å². The molecule has 0 unspecified atom stereocenters. The average Bonchev–Trinajstić information content (AvgIpc) is 2.35. The monoisotopic (exact) mass is 273 g/mol. The van der Waals surface area contributed by atoms with E-state index in [-0.39, 0.29) is 29.6 Å². The number of hydrogen-bond acceptors (Lipinski definition) is 5. The van der Waals surface area contributed by atoms with E-state index in [0.717, 1.165) is 12.3 Å². The molecule has 7 nitrogen and oxygen atoms in total. The molecule has 0 saturated heterocycles. The van der Waals surface area contributed by atoms with Crippen LogP contribution in [0.3, 0.4) is 0 Å². The number of hydrogen-bond donors (Lipinski definition) is 1. The summed E-state index contributed by atoms with van der Waals surface area (Å²) in [5, 5.41) is 19.3. The molecule has 0 spiro atoms. The fourth-order valence-corrected chi connectivity index (χ4v) is 1.57. The fraction of sp³-hybridized carbons (Fsp3) is 0.400. The molecule has 0 aliphatic rings. The van der Waals surface area contributed by atoms with Gasteiger partial charge in [-0.3, -0.25) is 14.9 Å². The first-order chi connectivity index (χ1) is 8.51. The molecule has 0 bridgehead atoms. The Balaban J connectivity index is 3.10. The number of likely N-dealkylation sites (N-methyl/N-ethyl adjacent to an activating group) is 1. The minimum atomic E-state index is -0.650. The Morgan fingerprint density at radius 1 is 1.67 bits per heavy atom. The molecule has 0 saturated carbocycles. The third-order valence-corrected chi connectivity index (χ3v) is 2.61. The maximum Gasteiger partial charge on any atom is 0.288 e. The van der Waals surface area contributed by atoms with Crippen LogP contribution >= 0.6 is 11.6 Å².